The van der Waals surface area contributed by atoms with Gasteiger partial charge < -0.3 is 11.1 Å². The van der Waals surface area contributed by atoms with Gasteiger partial charge in [-0.25, -0.2) is 0 Å². The Labute approximate surface area is 72.5 Å². The molecule has 0 aliphatic rings. The third-order valence-electron chi connectivity index (χ3n) is 1.62. The summed E-state index contributed by atoms with van der Waals surface area (Å²) in [5, 5.41) is 2.46. The minimum atomic E-state index is -0.447. The molecule has 4 heteroatoms. The van der Waals surface area contributed by atoms with Gasteiger partial charge in [0.05, 0.1) is 6.04 Å². The Morgan fingerprint density at radius 1 is 1.58 bits per heavy atom. The number of ketones is 1. The molecule has 0 aromatic heterocycles. The minimum Gasteiger partial charge on any atom is -0.359 e. The number of nitrogens with one attached hydrogen (secondary N) is 1. The first-order chi connectivity index (χ1) is 5.59. The Balaban J connectivity index is 3.64. The first-order valence-corrected chi connectivity index (χ1v) is 4.06. The van der Waals surface area contributed by atoms with Gasteiger partial charge in [0.2, 0.25) is 6.41 Å². The predicted molar refractivity (Wildman–Crippen MR) is 46.5 cm³/mol. The Morgan fingerprint density at radius 3 is 2.58 bits per heavy atom. The fourth-order valence-corrected chi connectivity index (χ4v) is 0.868. The SMILES string of the molecule is CC(C)C(=O)C(N)CCNC=O. The first-order valence-electron chi connectivity index (χ1n) is 4.06. The van der Waals surface area contributed by atoms with E-state index in [2.05, 4.69) is 5.32 Å². The highest BCUT2D eigenvalue weighted by Crippen LogP contribution is 1.99. The zero-order valence-electron chi connectivity index (χ0n) is 7.54. The molecule has 0 aromatic carbocycles. The third-order valence-corrected chi connectivity index (χ3v) is 1.62. The van der Waals surface area contributed by atoms with E-state index in [1.165, 1.54) is 0 Å². The highest BCUT2D eigenvalue weighted by molar-refractivity contribution is 5.85. The lowest BCUT2D eigenvalue weighted by atomic mass is 10.0. The Morgan fingerprint density at radius 2 is 2.17 bits per heavy atom. The Hall–Kier alpha value is -0.900. The van der Waals surface area contributed by atoms with Crippen molar-refractivity contribution in [3.05, 3.63) is 0 Å². The summed E-state index contributed by atoms with van der Waals surface area (Å²) in [5.41, 5.74) is 5.55. The number of hydrogen-bond acceptors (Lipinski definition) is 3. The molecule has 0 radical (unpaired) electrons. The molecule has 1 unspecified atom stereocenters. The van der Waals surface area contributed by atoms with Crippen LogP contribution in [0.3, 0.4) is 0 Å². The molecule has 0 rings (SSSR count). The molecule has 1 amide bonds. The molecule has 4 nitrogen and oxygen atoms in total. The summed E-state index contributed by atoms with van der Waals surface area (Å²) in [6.45, 7) is 4.09. The number of carbonyl (C=O) groups excluding carboxylic acids is 2. The number of Topliss-reactive ketones (excluding diaryl/α,β-unsaturated/α-hetero) is 1. The molecule has 0 spiro atoms. The van der Waals surface area contributed by atoms with Crippen LogP contribution >= 0.6 is 0 Å². The van der Waals surface area contributed by atoms with Gasteiger partial charge in [0.25, 0.3) is 0 Å². The second-order valence-electron chi connectivity index (χ2n) is 3.02. The van der Waals surface area contributed by atoms with Gasteiger partial charge in [-0.3, -0.25) is 9.59 Å². The van der Waals surface area contributed by atoms with Crippen LogP contribution in [-0.4, -0.2) is 24.8 Å². The molecule has 0 saturated heterocycles. The van der Waals surface area contributed by atoms with Crippen LogP contribution in [0.15, 0.2) is 0 Å². The van der Waals surface area contributed by atoms with Gasteiger partial charge in [0.1, 0.15) is 0 Å². The summed E-state index contributed by atoms with van der Waals surface area (Å²) in [6, 6.07) is -0.447. The number of amides is 1. The van der Waals surface area contributed by atoms with Gasteiger partial charge in [-0.2, -0.15) is 0 Å². The quantitative estimate of drug-likeness (QED) is 0.426. The van der Waals surface area contributed by atoms with Crippen molar-refractivity contribution in [3.63, 3.8) is 0 Å². The predicted octanol–water partition coefficient (Wildman–Crippen LogP) is -0.325. The van der Waals surface area contributed by atoms with Crippen molar-refractivity contribution in [1.29, 1.82) is 0 Å². The van der Waals surface area contributed by atoms with Crippen molar-refractivity contribution in [1.82, 2.24) is 5.32 Å². The van der Waals surface area contributed by atoms with E-state index in [9.17, 15) is 9.59 Å². The normalized spacial score (nSPS) is 12.7. The van der Waals surface area contributed by atoms with Crippen LogP contribution in [0, 0.1) is 5.92 Å². The lowest BCUT2D eigenvalue weighted by molar-refractivity contribution is -0.123. The van der Waals surface area contributed by atoms with E-state index >= 15 is 0 Å². The Kier molecular flexibility index (Phi) is 5.28. The topological polar surface area (TPSA) is 72.2 Å². The van der Waals surface area contributed by atoms with Crippen molar-refractivity contribution in [2.45, 2.75) is 26.3 Å². The second-order valence-corrected chi connectivity index (χ2v) is 3.02. The van der Waals surface area contributed by atoms with E-state index in [-0.39, 0.29) is 11.7 Å². The van der Waals surface area contributed by atoms with Crippen molar-refractivity contribution < 1.29 is 9.59 Å². The minimum absolute atomic E-state index is 0.0313. The van der Waals surface area contributed by atoms with Gasteiger partial charge in [-0.05, 0) is 6.42 Å². The van der Waals surface area contributed by atoms with Crippen LogP contribution in [0.25, 0.3) is 0 Å². The summed E-state index contributed by atoms with van der Waals surface area (Å²) in [5.74, 6) is 0.0129. The molecule has 1 atom stereocenters. The Bertz CT molecular complexity index is 157. The van der Waals surface area contributed by atoms with E-state index in [4.69, 9.17) is 5.73 Å². The number of rotatable bonds is 6. The average Bonchev–Trinajstić information content (AvgIpc) is 2.03. The number of hydrogen-bond donors (Lipinski definition) is 2. The van der Waals surface area contributed by atoms with E-state index < -0.39 is 6.04 Å². The van der Waals surface area contributed by atoms with Crippen molar-refractivity contribution in [2.75, 3.05) is 6.54 Å². The van der Waals surface area contributed by atoms with E-state index in [1.807, 2.05) is 13.8 Å². The molecule has 0 bridgehead atoms. The summed E-state index contributed by atoms with van der Waals surface area (Å²) in [7, 11) is 0. The van der Waals surface area contributed by atoms with Crippen molar-refractivity contribution >= 4 is 12.2 Å². The lowest BCUT2D eigenvalue weighted by Crippen LogP contribution is -2.36. The van der Waals surface area contributed by atoms with Gasteiger partial charge in [0.15, 0.2) is 5.78 Å². The second kappa shape index (κ2) is 5.71. The highest BCUT2D eigenvalue weighted by Gasteiger charge is 2.15. The standard InChI is InChI=1S/C8H16N2O2/c1-6(2)8(12)7(9)3-4-10-5-11/h5-7H,3-4,9H2,1-2H3,(H,10,11). The first kappa shape index (κ1) is 11.1. The maximum Gasteiger partial charge on any atom is 0.207 e. The maximum atomic E-state index is 11.2. The summed E-state index contributed by atoms with van der Waals surface area (Å²) < 4.78 is 0. The van der Waals surface area contributed by atoms with Crippen LogP contribution < -0.4 is 11.1 Å². The van der Waals surface area contributed by atoms with E-state index in [0.717, 1.165) is 0 Å². The highest BCUT2D eigenvalue weighted by atomic mass is 16.1. The smallest absolute Gasteiger partial charge is 0.207 e. The zero-order valence-corrected chi connectivity index (χ0v) is 7.54. The van der Waals surface area contributed by atoms with Gasteiger partial charge >= 0.3 is 0 Å². The van der Waals surface area contributed by atoms with Crippen LogP contribution in [0.1, 0.15) is 20.3 Å². The molecule has 0 heterocycles. The van der Waals surface area contributed by atoms with Gasteiger partial charge in [-0.1, -0.05) is 13.8 Å². The van der Waals surface area contributed by atoms with Gasteiger partial charge in [-0.15, -0.1) is 0 Å². The summed E-state index contributed by atoms with van der Waals surface area (Å²) in [6.07, 6.45) is 1.11. The number of nitrogens with two attached hydrogens (primary N) is 1. The molecule has 0 aromatic rings. The molecule has 0 fully saturated rings. The van der Waals surface area contributed by atoms with Crippen LogP contribution in [0.5, 0.6) is 0 Å². The zero-order chi connectivity index (χ0) is 9.56. The summed E-state index contributed by atoms with van der Waals surface area (Å²) in [4.78, 5) is 21.0. The van der Waals surface area contributed by atoms with Crippen LogP contribution in [0.2, 0.25) is 0 Å². The van der Waals surface area contributed by atoms with E-state index in [1.54, 1.807) is 0 Å². The van der Waals surface area contributed by atoms with E-state index in [0.29, 0.717) is 19.4 Å². The molecule has 0 aliphatic carbocycles. The fourth-order valence-electron chi connectivity index (χ4n) is 0.868. The molecule has 0 aliphatic heterocycles. The average molecular weight is 172 g/mol. The summed E-state index contributed by atoms with van der Waals surface area (Å²) >= 11 is 0. The largest absolute Gasteiger partial charge is 0.359 e. The van der Waals surface area contributed by atoms with Crippen LogP contribution in [-0.2, 0) is 9.59 Å². The van der Waals surface area contributed by atoms with Gasteiger partial charge in [0, 0.05) is 12.5 Å². The van der Waals surface area contributed by atoms with Crippen LogP contribution in [0.4, 0.5) is 0 Å². The maximum absolute atomic E-state index is 11.2. The lowest BCUT2D eigenvalue weighted by Gasteiger charge is -2.11. The van der Waals surface area contributed by atoms with Crippen molar-refractivity contribution in [3.8, 4) is 0 Å². The number of carbonyl (C=O) groups is 2. The molecule has 12 heavy (non-hydrogen) atoms. The molecular formula is C8H16N2O2. The molecule has 70 valence electrons. The van der Waals surface area contributed by atoms with Crippen molar-refractivity contribution in [2.24, 2.45) is 11.7 Å². The third kappa shape index (κ3) is 4.08. The molecule has 0 saturated carbocycles. The molecule has 3 N–H and O–H groups in total. The molecular weight excluding hydrogens is 156 g/mol. The monoisotopic (exact) mass is 172 g/mol. The fraction of sp³-hybridized carbons (Fsp3) is 0.750.